The van der Waals surface area contributed by atoms with Gasteiger partial charge in [-0.25, -0.2) is 0 Å². The molecule has 1 aliphatic heterocycles. The van der Waals surface area contributed by atoms with Crippen LogP contribution in [0, 0.1) is 0 Å². The molecule has 1 heterocycles. The highest BCUT2D eigenvalue weighted by atomic mass is 16.5. The van der Waals surface area contributed by atoms with Gasteiger partial charge >= 0.3 is 5.97 Å². The molecule has 0 amide bonds. The van der Waals surface area contributed by atoms with Crippen molar-refractivity contribution in [3.8, 4) is 0 Å². The van der Waals surface area contributed by atoms with Gasteiger partial charge in [-0.05, 0) is 11.1 Å². The van der Waals surface area contributed by atoms with Crippen LogP contribution in [-0.2, 0) is 27.4 Å². The maximum atomic E-state index is 10.9. The van der Waals surface area contributed by atoms with Crippen LogP contribution in [-0.4, -0.2) is 48.9 Å². The van der Waals surface area contributed by atoms with Crippen LogP contribution < -0.4 is 0 Å². The van der Waals surface area contributed by atoms with E-state index in [4.69, 9.17) is 14.6 Å². The molecule has 110 valence electrons. The Labute approximate surface area is 119 Å². The van der Waals surface area contributed by atoms with E-state index in [0.717, 1.165) is 18.7 Å². The fraction of sp³-hybridized carbons (Fsp3) is 0.533. The Balaban J connectivity index is 2.08. The van der Waals surface area contributed by atoms with E-state index in [-0.39, 0.29) is 12.5 Å². The van der Waals surface area contributed by atoms with Crippen molar-refractivity contribution in [2.45, 2.75) is 25.6 Å². The maximum Gasteiger partial charge on any atom is 0.305 e. The van der Waals surface area contributed by atoms with Crippen molar-refractivity contribution in [2.75, 3.05) is 26.9 Å². The van der Waals surface area contributed by atoms with E-state index in [1.807, 2.05) is 18.2 Å². The highest BCUT2D eigenvalue weighted by molar-refractivity contribution is 5.67. The number of ether oxygens (including phenoxy) is 2. The van der Waals surface area contributed by atoms with Gasteiger partial charge in [-0.2, -0.15) is 0 Å². The summed E-state index contributed by atoms with van der Waals surface area (Å²) in [7, 11) is 1.68. The minimum Gasteiger partial charge on any atom is -0.481 e. The molecule has 1 aromatic rings. The summed E-state index contributed by atoms with van der Waals surface area (Å²) in [5.74, 6) is -0.782. The standard InChI is InChI=1S/C15H21NO4/c1-19-10-13-5-3-2-4-12(13)9-16-6-7-20-11-14(16)8-15(17)18/h2-5,14H,6-11H2,1H3,(H,17,18). The van der Waals surface area contributed by atoms with E-state index in [1.54, 1.807) is 7.11 Å². The molecule has 1 N–H and O–H groups in total. The van der Waals surface area contributed by atoms with E-state index in [0.29, 0.717) is 19.8 Å². The van der Waals surface area contributed by atoms with Gasteiger partial charge in [0.2, 0.25) is 0 Å². The van der Waals surface area contributed by atoms with Crippen molar-refractivity contribution >= 4 is 5.97 Å². The molecule has 1 aliphatic rings. The molecule has 20 heavy (non-hydrogen) atoms. The zero-order valence-electron chi connectivity index (χ0n) is 11.7. The summed E-state index contributed by atoms with van der Waals surface area (Å²) in [6.45, 7) is 3.21. The Kier molecular flexibility index (Phi) is 5.52. The SMILES string of the molecule is COCc1ccccc1CN1CCOCC1CC(=O)O. The highest BCUT2D eigenvalue weighted by Crippen LogP contribution is 2.18. The van der Waals surface area contributed by atoms with E-state index >= 15 is 0 Å². The lowest BCUT2D eigenvalue weighted by Gasteiger charge is -2.35. The molecule has 5 heteroatoms. The first-order valence-corrected chi connectivity index (χ1v) is 6.80. The van der Waals surface area contributed by atoms with Crippen LogP contribution >= 0.6 is 0 Å². The second-order valence-corrected chi connectivity index (χ2v) is 5.00. The van der Waals surface area contributed by atoms with Gasteiger partial charge in [0.25, 0.3) is 0 Å². The summed E-state index contributed by atoms with van der Waals surface area (Å²) in [5.41, 5.74) is 2.34. The number of methoxy groups -OCH3 is 1. The Bertz CT molecular complexity index is 449. The molecular weight excluding hydrogens is 258 g/mol. The minimum absolute atomic E-state index is 0.0585. The third-order valence-corrected chi connectivity index (χ3v) is 3.55. The van der Waals surface area contributed by atoms with Gasteiger partial charge < -0.3 is 14.6 Å². The van der Waals surface area contributed by atoms with Gasteiger partial charge in [0, 0.05) is 26.2 Å². The van der Waals surface area contributed by atoms with Crippen molar-refractivity contribution in [1.82, 2.24) is 4.90 Å². The summed E-state index contributed by atoms with van der Waals surface area (Å²) in [6, 6.07) is 8.05. The fourth-order valence-electron chi connectivity index (χ4n) is 2.51. The zero-order valence-corrected chi connectivity index (χ0v) is 11.7. The molecule has 0 aromatic heterocycles. The Morgan fingerprint density at radius 3 is 2.90 bits per heavy atom. The van der Waals surface area contributed by atoms with Gasteiger partial charge in [-0.15, -0.1) is 0 Å². The monoisotopic (exact) mass is 279 g/mol. The van der Waals surface area contributed by atoms with Crippen molar-refractivity contribution in [1.29, 1.82) is 0 Å². The minimum atomic E-state index is -0.782. The number of benzene rings is 1. The van der Waals surface area contributed by atoms with Crippen LogP contribution in [0.1, 0.15) is 17.5 Å². The van der Waals surface area contributed by atoms with Gasteiger partial charge in [-0.3, -0.25) is 9.69 Å². The first-order valence-electron chi connectivity index (χ1n) is 6.80. The molecule has 0 spiro atoms. The van der Waals surface area contributed by atoms with Gasteiger partial charge in [0.1, 0.15) is 0 Å². The first-order chi connectivity index (χ1) is 9.70. The molecule has 0 aliphatic carbocycles. The molecule has 5 nitrogen and oxygen atoms in total. The third kappa shape index (κ3) is 4.03. The topological polar surface area (TPSA) is 59.0 Å². The molecule has 1 saturated heterocycles. The second kappa shape index (κ2) is 7.38. The molecule has 1 aromatic carbocycles. The number of hydrogen-bond donors (Lipinski definition) is 1. The van der Waals surface area contributed by atoms with E-state index in [1.165, 1.54) is 5.56 Å². The highest BCUT2D eigenvalue weighted by Gasteiger charge is 2.25. The number of hydrogen-bond acceptors (Lipinski definition) is 4. The Hall–Kier alpha value is -1.43. The average Bonchev–Trinajstić information content (AvgIpc) is 2.43. The molecule has 1 atom stereocenters. The van der Waals surface area contributed by atoms with Gasteiger partial charge in [0.05, 0.1) is 26.2 Å². The zero-order chi connectivity index (χ0) is 14.4. The third-order valence-electron chi connectivity index (χ3n) is 3.55. The maximum absolute atomic E-state index is 10.9. The van der Waals surface area contributed by atoms with Crippen LogP contribution in [0.15, 0.2) is 24.3 Å². The molecule has 0 bridgehead atoms. The predicted molar refractivity (Wildman–Crippen MR) is 74.4 cm³/mol. The Morgan fingerprint density at radius 1 is 1.45 bits per heavy atom. The number of morpholine rings is 1. The lowest BCUT2D eigenvalue weighted by molar-refractivity contribution is -0.140. The van der Waals surface area contributed by atoms with Crippen molar-refractivity contribution in [3.05, 3.63) is 35.4 Å². The lowest BCUT2D eigenvalue weighted by atomic mass is 10.1. The smallest absolute Gasteiger partial charge is 0.305 e. The van der Waals surface area contributed by atoms with E-state index in [2.05, 4.69) is 11.0 Å². The lowest BCUT2D eigenvalue weighted by Crippen LogP contribution is -2.46. The van der Waals surface area contributed by atoms with Crippen LogP contribution in [0.25, 0.3) is 0 Å². The summed E-state index contributed by atoms with van der Waals surface area (Å²) < 4.78 is 10.6. The molecule has 0 radical (unpaired) electrons. The summed E-state index contributed by atoms with van der Waals surface area (Å²) in [4.78, 5) is 13.1. The Morgan fingerprint density at radius 2 is 2.20 bits per heavy atom. The van der Waals surface area contributed by atoms with Crippen LogP contribution in [0.2, 0.25) is 0 Å². The number of nitrogens with zero attached hydrogens (tertiary/aromatic N) is 1. The number of carboxylic acids is 1. The van der Waals surface area contributed by atoms with E-state index in [9.17, 15) is 4.79 Å². The van der Waals surface area contributed by atoms with Crippen LogP contribution in [0.4, 0.5) is 0 Å². The fourth-order valence-corrected chi connectivity index (χ4v) is 2.51. The number of aliphatic carboxylic acids is 1. The van der Waals surface area contributed by atoms with Gasteiger partial charge in [0.15, 0.2) is 0 Å². The van der Waals surface area contributed by atoms with E-state index < -0.39 is 5.97 Å². The van der Waals surface area contributed by atoms with Crippen LogP contribution in [0.5, 0.6) is 0 Å². The molecule has 0 saturated carbocycles. The van der Waals surface area contributed by atoms with Crippen molar-refractivity contribution in [2.24, 2.45) is 0 Å². The number of carboxylic acid groups (broad SMARTS) is 1. The summed E-state index contributed by atoms with van der Waals surface area (Å²) in [6.07, 6.45) is 0.118. The summed E-state index contributed by atoms with van der Waals surface area (Å²) >= 11 is 0. The van der Waals surface area contributed by atoms with Crippen molar-refractivity contribution in [3.63, 3.8) is 0 Å². The molecular formula is C15H21NO4. The quantitative estimate of drug-likeness (QED) is 0.855. The molecule has 1 fully saturated rings. The van der Waals surface area contributed by atoms with Crippen molar-refractivity contribution < 1.29 is 19.4 Å². The van der Waals surface area contributed by atoms with Gasteiger partial charge in [-0.1, -0.05) is 24.3 Å². The summed E-state index contributed by atoms with van der Waals surface area (Å²) in [5, 5.41) is 8.99. The molecule has 1 unspecified atom stereocenters. The van der Waals surface area contributed by atoms with Crippen LogP contribution in [0.3, 0.4) is 0 Å². The number of carbonyl (C=O) groups is 1. The molecule has 2 rings (SSSR count). The second-order valence-electron chi connectivity index (χ2n) is 5.00. The predicted octanol–water partition coefficient (Wildman–Crippen LogP) is 1.51. The number of rotatable bonds is 6. The average molecular weight is 279 g/mol. The normalized spacial score (nSPS) is 19.9. The first kappa shape index (κ1) is 15.0. The largest absolute Gasteiger partial charge is 0.481 e.